The van der Waals surface area contributed by atoms with Crippen LogP contribution in [-0.2, 0) is 4.79 Å². The highest BCUT2D eigenvalue weighted by Gasteiger charge is 2.16. The first kappa shape index (κ1) is 22.4. The SMILES string of the molecule is Cc1sc(NC(=O)CC(C)NC(=O)c2ccccc2)nc1-c1ccc(OC(F)F)cc1. The number of aryl methyl sites for hydroxylation is 1. The molecular formula is C22H21F2N3O3S. The molecule has 6 nitrogen and oxygen atoms in total. The Morgan fingerprint density at radius 1 is 1.10 bits per heavy atom. The lowest BCUT2D eigenvalue weighted by Gasteiger charge is -2.13. The first-order valence-corrected chi connectivity index (χ1v) is 10.3. The first-order valence-electron chi connectivity index (χ1n) is 9.50. The van der Waals surface area contributed by atoms with E-state index in [4.69, 9.17) is 0 Å². The Kier molecular flexibility index (Phi) is 7.30. The van der Waals surface area contributed by atoms with Crippen molar-refractivity contribution in [3.8, 4) is 17.0 Å². The van der Waals surface area contributed by atoms with Crippen molar-refractivity contribution in [2.24, 2.45) is 0 Å². The number of rotatable bonds is 8. The topological polar surface area (TPSA) is 80.3 Å². The van der Waals surface area contributed by atoms with Crippen LogP contribution in [0, 0.1) is 6.92 Å². The molecule has 2 aromatic carbocycles. The third-order valence-corrected chi connectivity index (χ3v) is 5.19. The van der Waals surface area contributed by atoms with Gasteiger partial charge >= 0.3 is 6.61 Å². The van der Waals surface area contributed by atoms with Gasteiger partial charge in [-0.15, -0.1) is 11.3 Å². The van der Waals surface area contributed by atoms with Crippen molar-refractivity contribution < 1.29 is 23.1 Å². The van der Waals surface area contributed by atoms with E-state index in [1.165, 1.54) is 23.5 Å². The molecule has 1 heterocycles. The van der Waals surface area contributed by atoms with E-state index in [2.05, 4.69) is 20.4 Å². The average Bonchev–Trinajstić information content (AvgIpc) is 3.08. The molecule has 3 aromatic rings. The second-order valence-electron chi connectivity index (χ2n) is 6.82. The van der Waals surface area contributed by atoms with Gasteiger partial charge in [0.2, 0.25) is 5.91 Å². The van der Waals surface area contributed by atoms with E-state index in [1.807, 2.05) is 13.0 Å². The standard InChI is InChI=1S/C22H21F2N3O3S/c1-13(25-20(29)16-6-4-3-5-7-16)12-18(28)26-22-27-19(14(2)31-22)15-8-10-17(11-9-15)30-21(23)24/h3-11,13,21H,12H2,1-2H3,(H,25,29)(H,26,27,28). The Labute approximate surface area is 182 Å². The summed E-state index contributed by atoms with van der Waals surface area (Å²) < 4.78 is 28.9. The number of hydrogen-bond donors (Lipinski definition) is 2. The van der Waals surface area contributed by atoms with Gasteiger partial charge in [0.1, 0.15) is 5.75 Å². The third kappa shape index (κ3) is 6.32. The van der Waals surface area contributed by atoms with E-state index in [1.54, 1.807) is 43.3 Å². The fraction of sp³-hybridized carbons (Fsp3) is 0.227. The number of alkyl halides is 2. The Bertz CT molecular complexity index is 1040. The Morgan fingerprint density at radius 3 is 2.42 bits per heavy atom. The molecule has 0 bridgehead atoms. The van der Waals surface area contributed by atoms with Crippen LogP contribution < -0.4 is 15.4 Å². The molecule has 0 aliphatic heterocycles. The number of carbonyl (C=O) groups excluding carboxylic acids is 2. The number of nitrogens with zero attached hydrogens (tertiary/aromatic N) is 1. The highest BCUT2D eigenvalue weighted by Crippen LogP contribution is 2.31. The lowest BCUT2D eigenvalue weighted by atomic mass is 10.1. The van der Waals surface area contributed by atoms with Gasteiger partial charge in [0, 0.05) is 28.5 Å². The molecule has 9 heteroatoms. The van der Waals surface area contributed by atoms with E-state index in [0.29, 0.717) is 16.4 Å². The fourth-order valence-corrected chi connectivity index (χ4v) is 3.76. The molecule has 0 aliphatic rings. The summed E-state index contributed by atoms with van der Waals surface area (Å²) in [5, 5.41) is 5.96. The molecular weight excluding hydrogens is 424 g/mol. The number of ether oxygens (including phenoxy) is 1. The van der Waals surface area contributed by atoms with Crippen LogP contribution in [0.3, 0.4) is 0 Å². The first-order chi connectivity index (χ1) is 14.8. The minimum absolute atomic E-state index is 0.0618. The number of amides is 2. The molecule has 2 N–H and O–H groups in total. The monoisotopic (exact) mass is 445 g/mol. The molecule has 0 fully saturated rings. The summed E-state index contributed by atoms with van der Waals surface area (Å²) in [6, 6.07) is 14.5. The summed E-state index contributed by atoms with van der Waals surface area (Å²) in [7, 11) is 0. The maximum Gasteiger partial charge on any atom is 0.387 e. The van der Waals surface area contributed by atoms with Crippen LogP contribution in [0.4, 0.5) is 13.9 Å². The van der Waals surface area contributed by atoms with E-state index >= 15 is 0 Å². The number of halogens is 2. The van der Waals surface area contributed by atoms with Gasteiger partial charge in [0.15, 0.2) is 5.13 Å². The number of carbonyl (C=O) groups is 2. The van der Waals surface area contributed by atoms with Gasteiger partial charge in [-0.2, -0.15) is 8.78 Å². The lowest BCUT2D eigenvalue weighted by molar-refractivity contribution is -0.116. The van der Waals surface area contributed by atoms with Crippen LogP contribution in [0.5, 0.6) is 5.75 Å². The van der Waals surface area contributed by atoms with Crippen molar-refractivity contribution in [3.63, 3.8) is 0 Å². The van der Waals surface area contributed by atoms with E-state index in [0.717, 1.165) is 10.4 Å². The molecule has 0 radical (unpaired) electrons. The number of anilines is 1. The number of hydrogen-bond acceptors (Lipinski definition) is 5. The maximum atomic E-state index is 12.4. The van der Waals surface area contributed by atoms with Crippen molar-refractivity contribution in [1.29, 1.82) is 0 Å². The molecule has 2 amide bonds. The summed E-state index contributed by atoms with van der Waals surface area (Å²) in [5.74, 6) is -0.457. The molecule has 1 aromatic heterocycles. The van der Waals surface area contributed by atoms with Gasteiger partial charge < -0.3 is 15.4 Å². The Hall–Kier alpha value is -3.33. The number of aromatic nitrogens is 1. The summed E-state index contributed by atoms with van der Waals surface area (Å²) in [6.45, 7) is 0.727. The van der Waals surface area contributed by atoms with Crippen LogP contribution in [0.25, 0.3) is 11.3 Å². The molecule has 162 valence electrons. The van der Waals surface area contributed by atoms with Gasteiger partial charge in [-0.3, -0.25) is 9.59 Å². The molecule has 3 rings (SSSR count). The summed E-state index contributed by atoms with van der Waals surface area (Å²) in [6.07, 6.45) is 0.0895. The van der Waals surface area contributed by atoms with Gasteiger partial charge in [-0.25, -0.2) is 4.98 Å². The molecule has 0 saturated carbocycles. The smallest absolute Gasteiger partial charge is 0.387 e. The summed E-state index contributed by atoms with van der Waals surface area (Å²) >= 11 is 1.31. The zero-order chi connectivity index (χ0) is 22.4. The zero-order valence-electron chi connectivity index (χ0n) is 16.9. The van der Waals surface area contributed by atoms with Crippen LogP contribution >= 0.6 is 11.3 Å². The summed E-state index contributed by atoms with van der Waals surface area (Å²) in [5.41, 5.74) is 1.90. The number of benzene rings is 2. The van der Waals surface area contributed by atoms with Crippen LogP contribution in [0.15, 0.2) is 54.6 Å². The Balaban J connectivity index is 1.58. The van der Waals surface area contributed by atoms with Crippen LogP contribution in [0.2, 0.25) is 0 Å². The van der Waals surface area contributed by atoms with E-state index < -0.39 is 6.61 Å². The van der Waals surface area contributed by atoms with E-state index in [-0.39, 0.29) is 30.0 Å². The third-order valence-electron chi connectivity index (χ3n) is 4.30. The van der Waals surface area contributed by atoms with Gasteiger partial charge in [0.05, 0.1) is 5.69 Å². The zero-order valence-corrected chi connectivity index (χ0v) is 17.7. The van der Waals surface area contributed by atoms with Crippen molar-refractivity contribution in [2.75, 3.05) is 5.32 Å². The van der Waals surface area contributed by atoms with Crippen LogP contribution in [0.1, 0.15) is 28.6 Å². The lowest BCUT2D eigenvalue weighted by Crippen LogP contribution is -2.35. The minimum atomic E-state index is -2.88. The van der Waals surface area contributed by atoms with Gasteiger partial charge in [-0.1, -0.05) is 18.2 Å². The van der Waals surface area contributed by atoms with E-state index in [9.17, 15) is 18.4 Å². The molecule has 1 atom stereocenters. The van der Waals surface area contributed by atoms with Gasteiger partial charge in [-0.05, 0) is 50.2 Å². The fourth-order valence-electron chi connectivity index (χ4n) is 2.91. The molecule has 0 aliphatic carbocycles. The normalized spacial score (nSPS) is 11.8. The second-order valence-corrected chi connectivity index (χ2v) is 8.02. The second kappa shape index (κ2) is 10.1. The predicted molar refractivity (Wildman–Crippen MR) is 116 cm³/mol. The molecule has 31 heavy (non-hydrogen) atoms. The highest BCUT2D eigenvalue weighted by molar-refractivity contribution is 7.16. The van der Waals surface area contributed by atoms with Gasteiger partial charge in [0.25, 0.3) is 5.91 Å². The highest BCUT2D eigenvalue weighted by atomic mass is 32.1. The molecule has 1 unspecified atom stereocenters. The van der Waals surface area contributed by atoms with Crippen LogP contribution in [-0.4, -0.2) is 29.5 Å². The minimum Gasteiger partial charge on any atom is -0.435 e. The van der Waals surface area contributed by atoms with Crippen molar-refractivity contribution in [2.45, 2.75) is 32.9 Å². The largest absolute Gasteiger partial charge is 0.435 e. The summed E-state index contributed by atoms with van der Waals surface area (Å²) in [4.78, 5) is 29.8. The maximum absolute atomic E-state index is 12.4. The quantitative estimate of drug-likeness (QED) is 0.519. The predicted octanol–water partition coefficient (Wildman–Crippen LogP) is 4.87. The molecule has 0 saturated heterocycles. The number of nitrogens with one attached hydrogen (secondary N) is 2. The number of thiazole rings is 1. The Morgan fingerprint density at radius 2 is 1.77 bits per heavy atom. The van der Waals surface area contributed by atoms with Crippen molar-refractivity contribution >= 4 is 28.3 Å². The average molecular weight is 445 g/mol. The van der Waals surface area contributed by atoms with Crippen molar-refractivity contribution in [1.82, 2.24) is 10.3 Å². The van der Waals surface area contributed by atoms with Crippen molar-refractivity contribution in [3.05, 3.63) is 65.0 Å². The molecule has 0 spiro atoms.